The maximum atomic E-state index is 10.3. The minimum Gasteiger partial charge on any atom is -0.491 e. The third kappa shape index (κ3) is 5.84. The van der Waals surface area contributed by atoms with Crippen molar-refractivity contribution in [1.29, 1.82) is 0 Å². The van der Waals surface area contributed by atoms with Gasteiger partial charge in [-0.2, -0.15) is 0 Å². The molecule has 3 rings (SSSR count). The van der Waals surface area contributed by atoms with Crippen molar-refractivity contribution in [1.82, 2.24) is 0 Å². The lowest BCUT2D eigenvalue weighted by Gasteiger charge is -2.30. The first-order chi connectivity index (χ1) is 12.7. The lowest BCUT2D eigenvalue weighted by atomic mass is 10.2. The number of benzene rings is 2. The summed E-state index contributed by atoms with van der Waals surface area (Å²) in [6.45, 7) is 8.94. The lowest BCUT2D eigenvalue weighted by Crippen LogP contribution is -3.28. The third-order valence-corrected chi connectivity index (χ3v) is 5.26. The summed E-state index contributed by atoms with van der Waals surface area (Å²) in [6.07, 6.45) is 0.622. The van der Waals surface area contributed by atoms with E-state index >= 15 is 0 Å². The van der Waals surface area contributed by atoms with Crippen LogP contribution in [0, 0.1) is 0 Å². The zero-order chi connectivity index (χ0) is 18.2. The summed E-state index contributed by atoms with van der Waals surface area (Å²) in [4.78, 5) is 3.13. The average Bonchev–Trinajstić information content (AvgIpc) is 2.69. The van der Waals surface area contributed by atoms with Crippen molar-refractivity contribution in [3.8, 4) is 5.75 Å². The van der Waals surface area contributed by atoms with Gasteiger partial charge in [-0.3, -0.25) is 0 Å². The molecule has 0 amide bonds. The van der Waals surface area contributed by atoms with Crippen LogP contribution in [0.3, 0.4) is 0 Å². The minimum atomic E-state index is -0.411. The molecular formula is C22H32N2O2+2. The van der Waals surface area contributed by atoms with E-state index in [9.17, 15) is 5.11 Å². The zero-order valence-corrected chi connectivity index (χ0v) is 15.8. The van der Waals surface area contributed by atoms with Gasteiger partial charge in [0.1, 0.15) is 57.7 Å². The summed E-state index contributed by atoms with van der Waals surface area (Å²) in [7, 11) is 0. The number of aryl methyl sites for hydroxylation is 1. The summed E-state index contributed by atoms with van der Waals surface area (Å²) in [5.41, 5.74) is 2.71. The third-order valence-electron chi connectivity index (χ3n) is 5.26. The molecule has 1 fully saturated rings. The minimum absolute atomic E-state index is 0.371. The number of nitrogens with one attached hydrogen (secondary N) is 2. The van der Waals surface area contributed by atoms with E-state index in [0.717, 1.165) is 51.4 Å². The molecule has 0 unspecified atom stereocenters. The number of hydrogen-bond donors (Lipinski definition) is 3. The molecule has 1 aliphatic rings. The fourth-order valence-electron chi connectivity index (χ4n) is 3.63. The van der Waals surface area contributed by atoms with Gasteiger partial charge < -0.3 is 19.6 Å². The molecule has 140 valence electrons. The zero-order valence-electron chi connectivity index (χ0n) is 15.8. The molecule has 4 heteroatoms. The quantitative estimate of drug-likeness (QED) is 0.622. The first-order valence-electron chi connectivity index (χ1n) is 9.84. The molecule has 0 aliphatic carbocycles. The van der Waals surface area contributed by atoms with Gasteiger partial charge in [-0.15, -0.1) is 0 Å². The van der Waals surface area contributed by atoms with E-state index in [1.807, 2.05) is 12.1 Å². The molecule has 0 aromatic heterocycles. The molecule has 2 aromatic rings. The van der Waals surface area contributed by atoms with Crippen LogP contribution in [0.25, 0.3) is 0 Å². The number of piperazine rings is 1. The molecule has 1 aliphatic heterocycles. The van der Waals surface area contributed by atoms with Crippen LogP contribution in [0.15, 0.2) is 54.6 Å². The largest absolute Gasteiger partial charge is 0.491 e. The van der Waals surface area contributed by atoms with Crippen molar-refractivity contribution in [2.45, 2.75) is 26.0 Å². The number of ether oxygens (including phenoxy) is 1. The Kier molecular flexibility index (Phi) is 7.06. The normalized spacial score (nSPS) is 21.3. The highest BCUT2D eigenvalue weighted by Gasteiger charge is 2.25. The Morgan fingerprint density at radius 3 is 2.19 bits per heavy atom. The average molecular weight is 357 g/mol. The standard InChI is InChI=1S/C22H30N2O2/c1-2-19-8-10-22(11-9-19)26-18-21(25)17-24-14-12-23(13-15-24)16-20-6-4-3-5-7-20/h3-11,21,25H,2,12-18H2,1H3/p+2/t21-/m0/s1. The predicted octanol–water partition coefficient (Wildman–Crippen LogP) is -0.0277. The highest BCUT2D eigenvalue weighted by atomic mass is 16.5. The van der Waals surface area contributed by atoms with Gasteiger partial charge in [-0.1, -0.05) is 49.4 Å². The first-order valence-corrected chi connectivity index (χ1v) is 9.84. The van der Waals surface area contributed by atoms with Crippen molar-refractivity contribution in [2.24, 2.45) is 0 Å². The Hall–Kier alpha value is -1.88. The summed E-state index contributed by atoms with van der Waals surface area (Å²) in [5.74, 6) is 0.841. The number of quaternary nitrogens is 2. The highest BCUT2D eigenvalue weighted by Crippen LogP contribution is 2.12. The van der Waals surface area contributed by atoms with Gasteiger partial charge in [0.15, 0.2) is 0 Å². The first kappa shape index (κ1) is 18.9. The van der Waals surface area contributed by atoms with Crippen LogP contribution in [0.5, 0.6) is 5.75 Å². The van der Waals surface area contributed by atoms with Crippen LogP contribution >= 0.6 is 0 Å². The summed E-state index contributed by atoms with van der Waals surface area (Å²) >= 11 is 0. The molecule has 1 atom stereocenters. The van der Waals surface area contributed by atoms with E-state index in [2.05, 4.69) is 49.4 Å². The molecule has 0 bridgehead atoms. The van der Waals surface area contributed by atoms with Gasteiger partial charge in [0, 0.05) is 5.56 Å². The molecule has 3 N–H and O–H groups in total. The van der Waals surface area contributed by atoms with Crippen LogP contribution < -0.4 is 14.5 Å². The molecule has 1 saturated heterocycles. The molecule has 0 radical (unpaired) electrons. The SMILES string of the molecule is CCc1ccc(OC[C@@H](O)C[NH+]2CC[NH+](Cc3ccccc3)CC2)cc1. The lowest BCUT2D eigenvalue weighted by molar-refractivity contribution is -1.02. The maximum absolute atomic E-state index is 10.3. The van der Waals surface area contributed by atoms with Gasteiger partial charge in [0.05, 0.1) is 0 Å². The van der Waals surface area contributed by atoms with Crippen LogP contribution in [0.1, 0.15) is 18.1 Å². The topological polar surface area (TPSA) is 38.3 Å². The number of hydrogen-bond acceptors (Lipinski definition) is 2. The van der Waals surface area contributed by atoms with E-state index in [4.69, 9.17) is 4.74 Å². The van der Waals surface area contributed by atoms with Crippen LogP contribution in [0.4, 0.5) is 0 Å². The Bertz CT molecular complexity index is 637. The van der Waals surface area contributed by atoms with Crippen molar-refractivity contribution < 1.29 is 19.6 Å². The Morgan fingerprint density at radius 2 is 1.54 bits per heavy atom. The highest BCUT2D eigenvalue weighted by molar-refractivity contribution is 5.27. The van der Waals surface area contributed by atoms with Crippen LogP contribution in [0.2, 0.25) is 0 Å². The second kappa shape index (κ2) is 9.72. The monoisotopic (exact) mass is 356 g/mol. The van der Waals surface area contributed by atoms with Gasteiger partial charge in [-0.05, 0) is 24.1 Å². The second-order valence-corrected chi connectivity index (χ2v) is 7.33. The summed E-state index contributed by atoms with van der Waals surface area (Å²) < 4.78 is 5.74. The predicted molar refractivity (Wildman–Crippen MR) is 104 cm³/mol. The van der Waals surface area contributed by atoms with Crippen LogP contribution in [-0.4, -0.2) is 50.5 Å². The van der Waals surface area contributed by atoms with Crippen LogP contribution in [-0.2, 0) is 13.0 Å². The molecule has 2 aromatic carbocycles. The van der Waals surface area contributed by atoms with Gasteiger partial charge >= 0.3 is 0 Å². The van der Waals surface area contributed by atoms with Crippen molar-refractivity contribution in [3.05, 3.63) is 65.7 Å². The molecule has 1 heterocycles. The van der Waals surface area contributed by atoms with E-state index in [1.54, 1.807) is 4.90 Å². The summed E-state index contributed by atoms with van der Waals surface area (Å²) in [6, 6.07) is 18.9. The molecule has 4 nitrogen and oxygen atoms in total. The van der Waals surface area contributed by atoms with E-state index in [-0.39, 0.29) is 0 Å². The van der Waals surface area contributed by atoms with Crippen molar-refractivity contribution in [3.63, 3.8) is 0 Å². The Morgan fingerprint density at radius 1 is 0.885 bits per heavy atom. The molecule has 0 saturated carbocycles. The smallest absolute Gasteiger partial charge is 0.137 e. The van der Waals surface area contributed by atoms with Gasteiger partial charge in [0.2, 0.25) is 0 Å². The number of aliphatic hydroxyl groups is 1. The number of aliphatic hydroxyl groups excluding tert-OH is 1. The van der Waals surface area contributed by atoms with E-state index in [1.165, 1.54) is 16.0 Å². The van der Waals surface area contributed by atoms with E-state index in [0.29, 0.717) is 6.61 Å². The number of rotatable bonds is 8. The fourth-order valence-corrected chi connectivity index (χ4v) is 3.63. The Balaban J connectivity index is 1.35. The molecule has 26 heavy (non-hydrogen) atoms. The van der Waals surface area contributed by atoms with E-state index < -0.39 is 6.10 Å². The van der Waals surface area contributed by atoms with Crippen molar-refractivity contribution in [2.75, 3.05) is 39.3 Å². The van der Waals surface area contributed by atoms with Crippen molar-refractivity contribution >= 4 is 0 Å². The van der Waals surface area contributed by atoms with Gasteiger partial charge in [0.25, 0.3) is 0 Å². The maximum Gasteiger partial charge on any atom is 0.137 e. The van der Waals surface area contributed by atoms with Gasteiger partial charge in [-0.25, -0.2) is 0 Å². The molecular weight excluding hydrogens is 324 g/mol. The summed E-state index contributed by atoms with van der Waals surface area (Å²) in [5, 5.41) is 10.3. The second-order valence-electron chi connectivity index (χ2n) is 7.33. The fraction of sp³-hybridized carbons (Fsp3) is 0.455. The molecule has 0 spiro atoms. The Labute approximate surface area is 157 Å².